The third-order valence-corrected chi connectivity index (χ3v) is 4.37. The third-order valence-electron chi connectivity index (χ3n) is 4.37. The fraction of sp³-hybridized carbons (Fsp3) is 0.438. The van der Waals surface area contributed by atoms with Gasteiger partial charge in [-0.15, -0.1) is 0 Å². The molecule has 0 bridgehead atoms. The first-order chi connectivity index (χ1) is 11.4. The Labute approximate surface area is 136 Å². The number of carbonyl (C=O) groups is 3. The predicted octanol–water partition coefficient (Wildman–Crippen LogP) is 1.93. The Hall–Kier alpha value is -2.77. The number of carbonyl (C=O) groups excluding carboxylic acids is 3. The molecule has 1 fully saturated rings. The molecular formula is C16H15NO7. The van der Waals surface area contributed by atoms with Crippen LogP contribution in [0.25, 0.3) is 0 Å². The molecule has 0 spiro atoms. The van der Waals surface area contributed by atoms with Gasteiger partial charge >= 0.3 is 0 Å². The van der Waals surface area contributed by atoms with E-state index in [2.05, 4.69) is 0 Å². The van der Waals surface area contributed by atoms with Crippen LogP contribution in [0.4, 0.5) is 5.69 Å². The molecule has 0 saturated heterocycles. The maximum Gasteiger partial charge on any atom is 0.276 e. The number of benzene rings is 1. The molecule has 24 heavy (non-hydrogen) atoms. The van der Waals surface area contributed by atoms with Crippen molar-refractivity contribution < 1.29 is 28.8 Å². The summed E-state index contributed by atoms with van der Waals surface area (Å²) in [5.74, 6) is -2.60. The van der Waals surface area contributed by atoms with Crippen LogP contribution in [0.2, 0.25) is 0 Å². The second kappa shape index (κ2) is 6.03. The molecule has 0 radical (unpaired) electrons. The molecule has 0 aromatic heterocycles. The average Bonchev–Trinajstić information content (AvgIpc) is 2.99. The Kier molecular flexibility index (Phi) is 4.04. The lowest BCUT2D eigenvalue weighted by Gasteiger charge is -2.25. The summed E-state index contributed by atoms with van der Waals surface area (Å²) in [6, 6.07) is 2.70. The van der Waals surface area contributed by atoms with Gasteiger partial charge in [-0.3, -0.25) is 24.5 Å². The molecule has 1 aliphatic carbocycles. The van der Waals surface area contributed by atoms with Crippen molar-refractivity contribution in [3.05, 3.63) is 27.8 Å². The van der Waals surface area contributed by atoms with Gasteiger partial charge in [0, 0.05) is 30.7 Å². The van der Waals surface area contributed by atoms with Crippen molar-refractivity contribution in [1.29, 1.82) is 0 Å². The van der Waals surface area contributed by atoms with Gasteiger partial charge in [0.15, 0.2) is 28.8 Å². The van der Waals surface area contributed by atoms with E-state index in [0.717, 1.165) is 0 Å². The van der Waals surface area contributed by atoms with E-state index in [1.54, 1.807) is 6.92 Å². The summed E-state index contributed by atoms with van der Waals surface area (Å²) in [7, 11) is 0. The minimum absolute atomic E-state index is 0.0362. The minimum Gasteiger partial charge on any atom is -0.454 e. The fourth-order valence-corrected chi connectivity index (χ4v) is 3.19. The van der Waals surface area contributed by atoms with E-state index in [-0.39, 0.29) is 43.1 Å². The van der Waals surface area contributed by atoms with Crippen LogP contribution in [0.3, 0.4) is 0 Å². The number of ether oxygens (including phenoxy) is 2. The van der Waals surface area contributed by atoms with E-state index < -0.39 is 34.1 Å². The van der Waals surface area contributed by atoms with Crippen molar-refractivity contribution in [1.82, 2.24) is 0 Å². The Balaban J connectivity index is 1.96. The van der Waals surface area contributed by atoms with E-state index >= 15 is 0 Å². The van der Waals surface area contributed by atoms with E-state index in [1.807, 2.05) is 0 Å². The summed E-state index contributed by atoms with van der Waals surface area (Å²) in [4.78, 5) is 47.0. The second-order valence-corrected chi connectivity index (χ2v) is 5.81. The minimum atomic E-state index is -1.22. The van der Waals surface area contributed by atoms with Gasteiger partial charge in [-0.1, -0.05) is 6.92 Å². The number of nitro groups is 1. The highest BCUT2D eigenvalue weighted by Crippen LogP contribution is 2.44. The molecule has 0 N–H and O–H groups in total. The van der Waals surface area contributed by atoms with Crippen LogP contribution in [0, 0.1) is 16.0 Å². The van der Waals surface area contributed by atoms with Gasteiger partial charge in [0.25, 0.3) is 5.69 Å². The Bertz CT molecular complexity index is 737. The molecule has 0 unspecified atom stereocenters. The lowest BCUT2D eigenvalue weighted by molar-refractivity contribution is -0.385. The molecule has 8 nitrogen and oxygen atoms in total. The normalized spacial score (nSPS) is 22.5. The lowest BCUT2D eigenvalue weighted by atomic mass is 9.74. The number of fused-ring (bicyclic) bond motifs is 1. The molecule has 0 amide bonds. The smallest absolute Gasteiger partial charge is 0.276 e. The van der Waals surface area contributed by atoms with Gasteiger partial charge in [-0.05, 0) is 6.07 Å². The topological polar surface area (TPSA) is 113 Å². The van der Waals surface area contributed by atoms with Crippen molar-refractivity contribution >= 4 is 23.0 Å². The van der Waals surface area contributed by atoms with Crippen molar-refractivity contribution in [2.24, 2.45) is 5.92 Å². The predicted molar refractivity (Wildman–Crippen MR) is 80.0 cm³/mol. The van der Waals surface area contributed by atoms with E-state index in [1.165, 1.54) is 12.1 Å². The van der Waals surface area contributed by atoms with Crippen LogP contribution in [0.15, 0.2) is 12.1 Å². The first-order valence-electron chi connectivity index (χ1n) is 7.58. The van der Waals surface area contributed by atoms with Crippen LogP contribution in [0.5, 0.6) is 11.5 Å². The number of Topliss-reactive ketones (excluding diaryl/α,β-unsaturated/α-hetero) is 3. The van der Waals surface area contributed by atoms with Crippen molar-refractivity contribution in [2.45, 2.75) is 32.1 Å². The van der Waals surface area contributed by atoms with Crippen molar-refractivity contribution in [2.75, 3.05) is 6.79 Å². The Morgan fingerprint density at radius 1 is 1.21 bits per heavy atom. The van der Waals surface area contributed by atoms with E-state index in [4.69, 9.17) is 9.47 Å². The Morgan fingerprint density at radius 2 is 1.79 bits per heavy atom. The maximum absolute atomic E-state index is 12.2. The summed E-state index contributed by atoms with van der Waals surface area (Å²) in [6.07, 6.45) is -0.0533. The van der Waals surface area contributed by atoms with Gasteiger partial charge in [0.2, 0.25) is 6.79 Å². The molecule has 126 valence electrons. The van der Waals surface area contributed by atoms with Gasteiger partial charge < -0.3 is 9.47 Å². The molecule has 2 aliphatic rings. The zero-order valence-corrected chi connectivity index (χ0v) is 12.9. The number of nitrogens with zero attached hydrogens (tertiary/aromatic N) is 1. The molecular weight excluding hydrogens is 318 g/mol. The summed E-state index contributed by atoms with van der Waals surface area (Å²) in [5.41, 5.74) is 0.0402. The van der Waals surface area contributed by atoms with Gasteiger partial charge in [0.05, 0.1) is 11.0 Å². The molecule has 1 saturated carbocycles. The van der Waals surface area contributed by atoms with E-state index in [0.29, 0.717) is 5.75 Å². The van der Waals surface area contributed by atoms with E-state index in [9.17, 15) is 24.5 Å². The molecule has 1 aromatic rings. The first kappa shape index (κ1) is 16.1. The zero-order valence-electron chi connectivity index (χ0n) is 12.9. The van der Waals surface area contributed by atoms with Gasteiger partial charge in [-0.25, -0.2) is 0 Å². The Morgan fingerprint density at radius 3 is 2.33 bits per heavy atom. The average molecular weight is 333 g/mol. The van der Waals surface area contributed by atoms with Crippen molar-refractivity contribution in [3.8, 4) is 11.5 Å². The molecule has 1 aliphatic heterocycles. The quantitative estimate of drug-likeness (QED) is 0.470. The highest BCUT2D eigenvalue weighted by molar-refractivity contribution is 6.20. The standard InChI is InChI=1S/C16H15NO7/c1-2-11(18)16-12(19)3-8(4-13(16)20)9-5-14-15(24-7-23-14)6-10(9)17(21)22/h5-6,8,16H,2-4,7H2,1H3. The largest absolute Gasteiger partial charge is 0.454 e. The highest BCUT2D eigenvalue weighted by Gasteiger charge is 2.41. The molecule has 8 heteroatoms. The third kappa shape index (κ3) is 2.64. The summed E-state index contributed by atoms with van der Waals surface area (Å²) < 4.78 is 10.4. The number of nitro benzene ring substituents is 1. The monoisotopic (exact) mass is 333 g/mol. The molecule has 0 atom stereocenters. The van der Waals surface area contributed by atoms with Gasteiger partial charge in [-0.2, -0.15) is 0 Å². The summed E-state index contributed by atoms with van der Waals surface area (Å²) in [6.45, 7) is 1.56. The maximum atomic E-state index is 12.2. The van der Waals surface area contributed by atoms with Crippen LogP contribution in [-0.4, -0.2) is 29.1 Å². The van der Waals surface area contributed by atoms with Crippen LogP contribution < -0.4 is 9.47 Å². The van der Waals surface area contributed by atoms with Gasteiger partial charge in [0.1, 0.15) is 5.92 Å². The second-order valence-electron chi connectivity index (χ2n) is 5.81. The molecule has 1 aromatic carbocycles. The number of rotatable bonds is 4. The molecule has 1 heterocycles. The SMILES string of the molecule is CCC(=O)C1C(=O)CC(c2cc3c(cc2[N+](=O)[O-])OCO3)CC1=O. The van der Waals surface area contributed by atoms with Crippen LogP contribution in [0.1, 0.15) is 37.7 Å². The summed E-state index contributed by atoms with van der Waals surface area (Å²) >= 11 is 0. The van der Waals surface area contributed by atoms with Crippen molar-refractivity contribution in [3.63, 3.8) is 0 Å². The zero-order chi connectivity index (χ0) is 17.4. The first-order valence-corrected chi connectivity index (χ1v) is 7.58. The fourth-order valence-electron chi connectivity index (χ4n) is 3.19. The highest BCUT2D eigenvalue weighted by atomic mass is 16.7. The number of ketones is 3. The van der Waals surface area contributed by atoms with Crippen LogP contribution >= 0.6 is 0 Å². The lowest BCUT2D eigenvalue weighted by Crippen LogP contribution is -2.37. The molecule has 3 rings (SSSR count). The van der Waals surface area contributed by atoms with Crippen LogP contribution in [-0.2, 0) is 14.4 Å². The summed E-state index contributed by atoms with van der Waals surface area (Å²) in [5, 5.41) is 11.3. The number of hydrogen-bond acceptors (Lipinski definition) is 7. The number of hydrogen-bond donors (Lipinski definition) is 0.